The molecular weight excluding hydrogens is 257 g/mol. The quantitative estimate of drug-likeness (QED) is 0.265. The van der Waals surface area contributed by atoms with Gasteiger partial charge in [-0.15, -0.1) is 0 Å². The van der Waals surface area contributed by atoms with Gasteiger partial charge in [0.2, 0.25) is 0 Å². The van der Waals surface area contributed by atoms with E-state index in [1.165, 1.54) is 12.1 Å². The molecule has 0 fully saturated rings. The molecule has 0 radical (unpaired) electrons. The molecule has 0 atom stereocenters. The lowest BCUT2D eigenvalue weighted by atomic mass is 10.1. The van der Waals surface area contributed by atoms with E-state index >= 15 is 0 Å². The van der Waals surface area contributed by atoms with Crippen molar-refractivity contribution in [2.45, 2.75) is 46.1 Å². The summed E-state index contributed by atoms with van der Waals surface area (Å²) < 4.78 is 13.4. The molecule has 0 aliphatic heterocycles. The van der Waals surface area contributed by atoms with Crippen LogP contribution in [-0.2, 0) is 0 Å². The molecule has 0 heterocycles. The van der Waals surface area contributed by atoms with Crippen molar-refractivity contribution in [3.8, 4) is 0 Å². The van der Waals surface area contributed by atoms with E-state index in [0.717, 1.165) is 31.5 Å². The van der Waals surface area contributed by atoms with Gasteiger partial charge in [0, 0.05) is 23.8 Å². The molecule has 0 spiro atoms. The molecule has 1 rings (SSSR count). The largest absolute Gasteiger partial charge is 0.409 e. The number of hydrogen-bond donors (Lipinski definition) is 2. The summed E-state index contributed by atoms with van der Waals surface area (Å²) in [6, 6.07) is 4.65. The van der Waals surface area contributed by atoms with Crippen LogP contribution in [0, 0.1) is 5.82 Å². The molecule has 3 N–H and O–H groups in total. The lowest BCUT2D eigenvalue weighted by molar-refractivity contribution is 0.318. The second kappa shape index (κ2) is 7.72. The minimum absolute atomic E-state index is 0.0689. The van der Waals surface area contributed by atoms with Gasteiger partial charge in [-0.3, -0.25) is 0 Å². The lowest BCUT2D eigenvalue weighted by Gasteiger charge is -2.30. The summed E-state index contributed by atoms with van der Waals surface area (Å²) >= 11 is 0. The first-order valence-corrected chi connectivity index (χ1v) is 7.05. The molecule has 112 valence electrons. The highest BCUT2D eigenvalue weighted by atomic mass is 19.1. The predicted octanol–water partition coefficient (Wildman–Crippen LogP) is 3.33. The SMILES string of the molecule is CCCCCN(c1ccc(F)cc1C(N)=NO)C(C)C. The Morgan fingerprint density at radius 2 is 2.10 bits per heavy atom. The van der Waals surface area contributed by atoms with Crippen LogP contribution >= 0.6 is 0 Å². The first-order valence-electron chi connectivity index (χ1n) is 7.05. The third-order valence-corrected chi connectivity index (χ3v) is 3.28. The van der Waals surface area contributed by atoms with Crippen molar-refractivity contribution in [3.63, 3.8) is 0 Å². The summed E-state index contributed by atoms with van der Waals surface area (Å²) in [5, 5.41) is 11.9. The van der Waals surface area contributed by atoms with E-state index in [-0.39, 0.29) is 11.9 Å². The predicted molar refractivity (Wildman–Crippen MR) is 80.9 cm³/mol. The average molecular weight is 281 g/mol. The van der Waals surface area contributed by atoms with Crippen molar-refractivity contribution in [1.82, 2.24) is 0 Å². The molecule has 1 aromatic carbocycles. The highest BCUT2D eigenvalue weighted by molar-refractivity contribution is 6.02. The van der Waals surface area contributed by atoms with Gasteiger partial charge in [-0.1, -0.05) is 24.9 Å². The topological polar surface area (TPSA) is 61.8 Å². The fourth-order valence-corrected chi connectivity index (χ4v) is 2.21. The number of benzene rings is 1. The minimum atomic E-state index is -0.396. The number of rotatable bonds is 7. The monoisotopic (exact) mass is 281 g/mol. The van der Waals surface area contributed by atoms with Crippen LogP contribution in [0.4, 0.5) is 10.1 Å². The maximum absolute atomic E-state index is 13.4. The van der Waals surface area contributed by atoms with E-state index < -0.39 is 5.82 Å². The molecule has 0 aliphatic rings. The molecule has 0 saturated heterocycles. The van der Waals surface area contributed by atoms with E-state index in [0.29, 0.717) is 5.56 Å². The van der Waals surface area contributed by atoms with E-state index in [1.54, 1.807) is 6.07 Å². The first-order chi connectivity index (χ1) is 9.51. The second-order valence-electron chi connectivity index (χ2n) is 5.14. The van der Waals surface area contributed by atoms with Crippen LogP contribution in [0.3, 0.4) is 0 Å². The zero-order valence-electron chi connectivity index (χ0n) is 12.4. The van der Waals surface area contributed by atoms with Crippen molar-refractivity contribution in [1.29, 1.82) is 0 Å². The molecule has 5 heteroatoms. The Bertz CT molecular complexity index is 460. The van der Waals surface area contributed by atoms with Crippen molar-refractivity contribution in [2.24, 2.45) is 10.9 Å². The van der Waals surface area contributed by atoms with Crippen LogP contribution in [0.25, 0.3) is 0 Å². The molecule has 0 amide bonds. The highest BCUT2D eigenvalue weighted by Gasteiger charge is 2.17. The average Bonchev–Trinajstić information content (AvgIpc) is 2.43. The maximum atomic E-state index is 13.4. The summed E-state index contributed by atoms with van der Waals surface area (Å²) in [5.41, 5.74) is 6.89. The number of oxime groups is 1. The van der Waals surface area contributed by atoms with E-state index in [4.69, 9.17) is 10.9 Å². The van der Waals surface area contributed by atoms with Crippen LogP contribution in [0.1, 0.15) is 45.6 Å². The Labute approximate surface area is 120 Å². The number of nitrogens with two attached hydrogens (primary N) is 1. The van der Waals surface area contributed by atoms with Gasteiger partial charge >= 0.3 is 0 Å². The van der Waals surface area contributed by atoms with Gasteiger partial charge in [-0.2, -0.15) is 0 Å². The molecule has 0 aromatic heterocycles. The third-order valence-electron chi connectivity index (χ3n) is 3.28. The minimum Gasteiger partial charge on any atom is -0.409 e. The summed E-state index contributed by atoms with van der Waals surface area (Å²) in [6.45, 7) is 7.17. The Morgan fingerprint density at radius 1 is 1.40 bits per heavy atom. The molecule has 1 aromatic rings. The molecule has 4 nitrogen and oxygen atoms in total. The number of hydrogen-bond acceptors (Lipinski definition) is 3. The number of unbranched alkanes of at least 4 members (excludes halogenated alkanes) is 2. The van der Waals surface area contributed by atoms with E-state index in [2.05, 4.69) is 30.8 Å². The molecule has 0 aliphatic carbocycles. The third kappa shape index (κ3) is 4.11. The molecule has 0 saturated carbocycles. The Balaban J connectivity index is 3.12. The van der Waals surface area contributed by atoms with Crippen molar-refractivity contribution in [3.05, 3.63) is 29.6 Å². The number of anilines is 1. The van der Waals surface area contributed by atoms with Crippen molar-refractivity contribution < 1.29 is 9.60 Å². The van der Waals surface area contributed by atoms with Crippen LogP contribution in [0.15, 0.2) is 23.4 Å². The van der Waals surface area contributed by atoms with Gasteiger partial charge < -0.3 is 15.8 Å². The standard InChI is InChI=1S/C15H24FN3O/c1-4-5-6-9-19(11(2)3)14-8-7-12(16)10-13(14)15(17)18-20/h7-8,10-11,20H,4-6,9H2,1-3H3,(H2,17,18). The van der Waals surface area contributed by atoms with Gasteiger partial charge in [0.15, 0.2) is 5.84 Å². The second-order valence-corrected chi connectivity index (χ2v) is 5.14. The van der Waals surface area contributed by atoms with Crippen LogP contribution in [0.5, 0.6) is 0 Å². The van der Waals surface area contributed by atoms with Crippen LogP contribution in [-0.4, -0.2) is 23.6 Å². The zero-order chi connectivity index (χ0) is 15.1. The Hall–Kier alpha value is -1.78. The number of halogens is 1. The van der Waals surface area contributed by atoms with Crippen LogP contribution < -0.4 is 10.6 Å². The van der Waals surface area contributed by atoms with Crippen molar-refractivity contribution in [2.75, 3.05) is 11.4 Å². The Morgan fingerprint density at radius 3 is 2.65 bits per heavy atom. The fraction of sp³-hybridized carbons (Fsp3) is 0.533. The van der Waals surface area contributed by atoms with E-state index in [1.807, 2.05) is 0 Å². The fourth-order valence-electron chi connectivity index (χ4n) is 2.21. The van der Waals surface area contributed by atoms with Gasteiger partial charge in [0.05, 0.1) is 0 Å². The summed E-state index contributed by atoms with van der Waals surface area (Å²) in [7, 11) is 0. The van der Waals surface area contributed by atoms with Gasteiger partial charge in [-0.05, 0) is 38.5 Å². The smallest absolute Gasteiger partial charge is 0.172 e. The molecular formula is C15H24FN3O. The van der Waals surface area contributed by atoms with Gasteiger partial charge in [0.25, 0.3) is 0 Å². The summed E-state index contributed by atoms with van der Waals surface area (Å²) in [6.07, 6.45) is 3.34. The molecule has 0 unspecified atom stereocenters. The molecule has 0 bridgehead atoms. The highest BCUT2D eigenvalue weighted by Crippen LogP contribution is 2.24. The lowest BCUT2D eigenvalue weighted by Crippen LogP contribution is -2.34. The maximum Gasteiger partial charge on any atom is 0.172 e. The summed E-state index contributed by atoms with van der Waals surface area (Å²) in [5.74, 6) is -0.465. The van der Waals surface area contributed by atoms with E-state index in [9.17, 15) is 4.39 Å². The van der Waals surface area contributed by atoms with Gasteiger partial charge in [0.1, 0.15) is 5.82 Å². The first kappa shape index (κ1) is 16.3. The normalized spacial score (nSPS) is 11.9. The Kier molecular flexibility index (Phi) is 6.28. The van der Waals surface area contributed by atoms with Crippen molar-refractivity contribution >= 4 is 11.5 Å². The van der Waals surface area contributed by atoms with Gasteiger partial charge in [-0.25, -0.2) is 4.39 Å². The summed E-state index contributed by atoms with van der Waals surface area (Å²) in [4.78, 5) is 2.16. The number of nitrogens with zero attached hydrogens (tertiary/aromatic N) is 2. The zero-order valence-corrected chi connectivity index (χ0v) is 12.4. The molecule has 20 heavy (non-hydrogen) atoms. The number of amidine groups is 1. The van der Waals surface area contributed by atoms with Crippen LogP contribution in [0.2, 0.25) is 0 Å².